The predicted octanol–water partition coefficient (Wildman–Crippen LogP) is 1.92. The molecule has 0 bridgehead atoms. The Balaban J connectivity index is 1.74. The molecule has 2 aliphatic rings. The first-order chi connectivity index (χ1) is 12.7. The van der Waals surface area contributed by atoms with Gasteiger partial charge in [0.1, 0.15) is 6.04 Å². The van der Waals surface area contributed by atoms with Crippen LogP contribution in [0.15, 0.2) is 30.3 Å². The fraction of sp³-hybridized carbons (Fsp3) is 0.667. The first kappa shape index (κ1) is 19.3. The van der Waals surface area contributed by atoms with Crippen molar-refractivity contribution in [3.8, 4) is 0 Å². The Bertz CT molecular complexity index is 556. The number of rotatable bonds is 5. The number of hydrogen-bond donors (Lipinski definition) is 0. The summed E-state index contributed by atoms with van der Waals surface area (Å²) in [5, 5.41) is 0. The normalized spacial score (nSPS) is 22.2. The van der Waals surface area contributed by atoms with Crippen molar-refractivity contribution in [2.75, 3.05) is 66.0 Å². The van der Waals surface area contributed by atoms with Gasteiger partial charge in [0.2, 0.25) is 5.91 Å². The molecule has 144 valence electrons. The van der Waals surface area contributed by atoms with Crippen LogP contribution >= 0.6 is 0 Å². The SMILES string of the molecule is CCCN1CCCN(C(=O)C(c2ccccc2)N2CCN(C)CC2)CC1. The van der Waals surface area contributed by atoms with Crippen LogP contribution in [-0.2, 0) is 4.79 Å². The minimum atomic E-state index is -0.136. The average Bonchev–Trinajstić information content (AvgIpc) is 2.90. The topological polar surface area (TPSA) is 30.0 Å². The molecule has 2 aliphatic heterocycles. The maximum Gasteiger partial charge on any atom is 0.244 e. The van der Waals surface area contributed by atoms with Crippen LogP contribution in [0.2, 0.25) is 0 Å². The molecule has 0 N–H and O–H groups in total. The zero-order chi connectivity index (χ0) is 18.4. The van der Waals surface area contributed by atoms with Crippen LogP contribution in [-0.4, -0.2) is 91.5 Å². The highest BCUT2D eigenvalue weighted by Gasteiger charge is 2.33. The van der Waals surface area contributed by atoms with E-state index >= 15 is 0 Å². The number of piperazine rings is 1. The van der Waals surface area contributed by atoms with Gasteiger partial charge >= 0.3 is 0 Å². The molecule has 3 rings (SSSR count). The standard InChI is InChI=1S/C21H34N4O/c1-3-10-23-11-7-12-25(18-15-23)21(26)20(19-8-5-4-6-9-19)24-16-13-22(2)14-17-24/h4-6,8-9,20H,3,7,10-18H2,1-2H3. The third-order valence-corrected chi connectivity index (χ3v) is 5.69. The maximum atomic E-state index is 13.5. The highest BCUT2D eigenvalue weighted by molar-refractivity contribution is 5.83. The zero-order valence-electron chi connectivity index (χ0n) is 16.4. The minimum absolute atomic E-state index is 0.136. The van der Waals surface area contributed by atoms with Crippen molar-refractivity contribution in [3.05, 3.63) is 35.9 Å². The summed E-state index contributed by atoms with van der Waals surface area (Å²) in [5.41, 5.74) is 1.14. The van der Waals surface area contributed by atoms with Crippen LogP contribution in [0.1, 0.15) is 31.4 Å². The lowest BCUT2D eigenvalue weighted by Crippen LogP contribution is -2.51. The summed E-state index contributed by atoms with van der Waals surface area (Å²) in [5.74, 6) is 0.291. The summed E-state index contributed by atoms with van der Waals surface area (Å²) in [6, 6.07) is 10.2. The summed E-state index contributed by atoms with van der Waals surface area (Å²) in [6.45, 7) is 11.2. The molecule has 5 heteroatoms. The van der Waals surface area contributed by atoms with Gasteiger partial charge in [-0.1, -0.05) is 37.3 Å². The van der Waals surface area contributed by atoms with Crippen LogP contribution in [0.3, 0.4) is 0 Å². The molecule has 5 nitrogen and oxygen atoms in total. The highest BCUT2D eigenvalue weighted by atomic mass is 16.2. The van der Waals surface area contributed by atoms with Crippen molar-refractivity contribution in [1.82, 2.24) is 19.6 Å². The van der Waals surface area contributed by atoms with Crippen molar-refractivity contribution in [2.45, 2.75) is 25.8 Å². The van der Waals surface area contributed by atoms with E-state index in [1.165, 1.54) is 6.42 Å². The Morgan fingerprint density at radius 1 is 0.962 bits per heavy atom. The second-order valence-electron chi connectivity index (χ2n) is 7.67. The second kappa shape index (κ2) is 9.49. The molecule has 2 fully saturated rings. The monoisotopic (exact) mass is 358 g/mol. The van der Waals surface area contributed by atoms with Gasteiger partial charge in [-0.25, -0.2) is 0 Å². The summed E-state index contributed by atoms with van der Waals surface area (Å²) in [4.78, 5) is 22.9. The number of amides is 1. The van der Waals surface area contributed by atoms with Gasteiger partial charge in [-0.05, 0) is 38.5 Å². The van der Waals surface area contributed by atoms with E-state index in [0.29, 0.717) is 5.91 Å². The van der Waals surface area contributed by atoms with E-state index in [0.717, 1.165) is 70.9 Å². The lowest BCUT2D eigenvalue weighted by molar-refractivity contribution is -0.138. The molecule has 1 amide bonds. The largest absolute Gasteiger partial charge is 0.340 e. The zero-order valence-corrected chi connectivity index (χ0v) is 16.4. The molecule has 0 spiro atoms. The fourth-order valence-corrected chi connectivity index (χ4v) is 4.13. The van der Waals surface area contributed by atoms with Gasteiger partial charge in [-0.15, -0.1) is 0 Å². The smallest absolute Gasteiger partial charge is 0.244 e. The fourth-order valence-electron chi connectivity index (χ4n) is 4.13. The molecule has 2 saturated heterocycles. The van der Waals surface area contributed by atoms with Crippen LogP contribution in [0.5, 0.6) is 0 Å². The molecule has 26 heavy (non-hydrogen) atoms. The molecule has 0 saturated carbocycles. The molecule has 0 radical (unpaired) electrons. The Kier molecular flexibility index (Phi) is 7.06. The Hall–Kier alpha value is -1.43. The predicted molar refractivity (Wildman–Crippen MR) is 106 cm³/mol. The van der Waals surface area contributed by atoms with Crippen LogP contribution in [0, 0.1) is 0 Å². The first-order valence-electron chi connectivity index (χ1n) is 10.2. The molecule has 1 aromatic rings. The van der Waals surface area contributed by atoms with E-state index in [2.05, 4.69) is 57.8 Å². The van der Waals surface area contributed by atoms with Gasteiger partial charge in [0, 0.05) is 45.8 Å². The number of carbonyl (C=O) groups is 1. The van der Waals surface area contributed by atoms with Crippen molar-refractivity contribution >= 4 is 5.91 Å². The number of nitrogens with zero attached hydrogens (tertiary/aromatic N) is 4. The highest BCUT2D eigenvalue weighted by Crippen LogP contribution is 2.25. The van der Waals surface area contributed by atoms with Crippen LogP contribution in [0.25, 0.3) is 0 Å². The van der Waals surface area contributed by atoms with E-state index in [9.17, 15) is 4.79 Å². The Morgan fingerprint density at radius 3 is 2.38 bits per heavy atom. The van der Waals surface area contributed by atoms with E-state index < -0.39 is 0 Å². The van der Waals surface area contributed by atoms with Crippen LogP contribution < -0.4 is 0 Å². The van der Waals surface area contributed by atoms with Gasteiger partial charge in [0.25, 0.3) is 0 Å². The second-order valence-corrected chi connectivity index (χ2v) is 7.67. The Labute approximate surface area is 158 Å². The van der Waals surface area contributed by atoms with E-state index in [1.807, 2.05) is 6.07 Å². The summed E-state index contributed by atoms with van der Waals surface area (Å²) >= 11 is 0. The summed E-state index contributed by atoms with van der Waals surface area (Å²) in [6.07, 6.45) is 2.26. The van der Waals surface area contributed by atoms with E-state index in [4.69, 9.17) is 0 Å². The molecule has 0 aliphatic carbocycles. The summed E-state index contributed by atoms with van der Waals surface area (Å²) < 4.78 is 0. The van der Waals surface area contributed by atoms with Crippen molar-refractivity contribution < 1.29 is 4.79 Å². The maximum absolute atomic E-state index is 13.5. The minimum Gasteiger partial charge on any atom is -0.340 e. The van der Waals surface area contributed by atoms with Gasteiger partial charge in [-0.2, -0.15) is 0 Å². The molecule has 1 atom stereocenters. The number of likely N-dealkylation sites (N-methyl/N-ethyl adjacent to an activating group) is 1. The number of hydrogen-bond acceptors (Lipinski definition) is 4. The third-order valence-electron chi connectivity index (χ3n) is 5.69. The van der Waals surface area contributed by atoms with Gasteiger partial charge in [0.15, 0.2) is 0 Å². The molecule has 1 aromatic carbocycles. The van der Waals surface area contributed by atoms with Gasteiger partial charge in [-0.3, -0.25) is 9.69 Å². The molecule has 0 aromatic heterocycles. The average molecular weight is 359 g/mol. The number of carbonyl (C=O) groups excluding carboxylic acids is 1. The quantitative estimate of drug-likeness (QED) is 0.804. The molecule has 2 heterocycles. The number of benzene rings is 1. The van der Waals surface area contributed by atoms with Crippen molar-refractivity contribution in [2.24, 2.45) is 0 Å². The van der Waals surface area contributed by atoms with Crippen LogP contribution in [0.4, 0.5) is 0 Å². The molecular formula is C21H34N4O. The van der Waals surface area contributed by atoms with Gasteiger partial charge < -0.3 is 14.7 Å². The summed E-state index contributed by atoms with van der Waals surface area (Å²) in [7, 11) is 2.16. The lowest BCUT2D eigenvalue weighted by atomic mass is 10.0. The van der Waals surface area contributed by atoms with E-state index in [1.54, 1.807) is 0 Å². The third kappa shape index (κ3) is 4.84. The molecular weight excluding hydrogens is 324 g/mol. The van der Waals surface area contributed by atoms with Gasteiger partial charge in [0.05, 0.1) is 0 Å². The first-order valence-corrected chi connectivity index (χ1v) is 10.2. The lowest BCUT2D eigenvalue weighted by Gasteiger charge is -2.39. The van der Waals surface area contributed by atoms with Crippen molar-refractivity contribution in [3.63, 3.8) is 0 Å². The van der Waals surface area contributed by atoms with E-state index in [-0.39, 0.29) is 6.04 Å². The Morgan fingerprint density at radius 2 is 1.69 bits per heavy atom. The van der Waals surface area contributed by atoms with Crippen molar-refractivity contribution in [1.29, 1.82) is 0 Å². The molecule has 1 unspecified atom stereocenters.